The number of Topliss-reactive ketones (excluding diaryl/α,β-unsaturated/α-hetero) is 1. The highest BCUT2D eigenvalue weighted by Crippen LogP contribution is 2.68. The van der Waals surface area contributed by atoms with Crippen LogP contribution in [0.4, 0.5) is 0 Å². The number of unbranched alkanes of at least 4 members (excludes halogenated alkanes) is 1. The number of hydrogen-bond acceptors (Lipinski definition) is 3. The van der Waals surface area contributed by atoms with Crippen molar-refractivity contribution in [3.63, 3.8) is 0 Å². The van der Waals surface area contributed by atoms with Gasteiger partial charge >= 0.3 is 0 Å². The summed E-state index contributed by atoms with van der Waals surface area (Å²) in [5.74, 6) is 2.21. The summed E-state index contributed by atoms with van der Waals surface area (Å²) in [6, 6.07) is 0. The lowest BCUT2D eigenvalue weighted by molar-refractivity contribution is -0.175. The second-order valence-electron chi connectivity index (χ2n) is 10.7. The van der Waals surface area contributed by atoms with Gasteiger partial charge in [0, 0.05) is 12.0 Å². The quantitative estimate of drug-likeness (QED) is 0.503. The van der Waals surface area contributed by atoms with Gasteiger partial charge in [0.15, 0.2) is 5.78 Å². The highest BCUT2D eigenvalue weighted by Gasteiger charge is 2.66. The summed E-state index contributed by atoms with van der Waals surface area (Å²) >= 11 is 0. The number of aliphatic hydroxyl groups is 1. The van der Waals surface area contributed by atoms with Crippen LogP contribution in [0.25, 0.3) is 0 Å². The van der Waals surface area contributed by atoms with E-state index in [-0.39, 0.29) is 22.7 Å². The summed E-state index contributed by atoms with van der Waals surface area (Å²) in [4.78, 5) is 12.9. The van der Waals surface area contributed by atoms with Crippen molar-refractivity contribution < 1.29 is 14.6 Å². The molecule has 4 aliphatic rings. The van der Waals surface area contributed by atoms with E-state index in [1.54, 1.807) is 6.92 Å². The molecule has 3 nitrogen and oxygen atoms in total. The van der Waals surface area contributed by atoms with E-state index in [1.165, 1.54) is 12.0 Å². The topological polar surface area (TPSA) is 46.5 Å². The highest BCUT2D eigenvalue weighted by molar-refractivity contribution is 5.86. The van der Waals surface area contributed by atoms with Crippen molar-refractivity contribution in [2.45, 2.75) is 104 Å². The van der Waals surface area contributed by atoms with Crippen LogP contribution in [0.5, 0.6) is 0 Å². The molecule has 4 aliphatic carbocycles. The Hall–Kier alpha value is -0.670. The third-order valence-electron chi connectivity index (χ3n) is 9.61. The van der Waals surface area contributed by atoms with E-state index >= 15 is 0 Å². The lowest BCUT2D eigenvalue weighted by Crippen LogP contribution is -2.58. The number of rotatable bonds is 5. The molecule has 0 amide bonds. The molecular weight excluding hydrogens is 348 g/mol. The molecule has 3 heteroatoms. The summed E-state index contributed by atoms with van der Waals surface area (Å²) < 4.78 is 6.49. The minimum atomic E-state index is -0.564. The number of hydrogen-bond donors (Lipinski definition) is 1. The van der Waals surface area contributed by atoms with Crippen molar-refractivity contribution in [1.82, 2.24) is 0 Å². The third-order valence-corrected chi connectivity index (χ3v) is 9.61. The van der Waals surface area contributed by atoms with Crippen molar-refractivity contribution in [3.05, 3.63) is 11.6 Å². The van der Waals surface area contributed by atoms with Gasteiger partial charge in [0.2, 0.25) is 0 Å². The van der Waals surface area contributed by atoms with Gasteiger partial charge in [-0.05, 0) is 87.9 Å². The zero-order chi connectivity index (χ0) is 20.2. The van der Waals surface area contributed by atoms with E-state index in [2.05, 4.69) is 26.8 Å². The van der Waals surface area contributed by atoms with Crippen LogP contribution in [0, 0.1) is 28.6 Å². The standard InChI is InChI=1S/C25H40O3/c1-5-6-15-28-25(17(2)26)14-11-22-20-8-7-18-16-19(27)9-12-23(18,3)21(20)10-13-24(22,25)4/h7,19-22,27H,5-6,8-16H2,1-4H3. The van der Waals surface area contributed by atoms with Gasteiger partial charge < -0.3 is 9.84 Å². The zero-order valence-electron chi connectivity index (χ0n) is 18.4. The van der Waals surface area contributed by atoms with Gasteiger partial charge in [-0.15, -0.1) is 0 Å². The van der Waals surface area contributed by atoms with Gasteiger partial charge in [-0.2, -0.15) is 0 Å². The second-order valence-corrected chi connectivity index (χ2v) is 10.7. The van der Waals surface area contributed by atoms with Gasteiger partial charge in [0.1, 0.15) is 5.60 Å². The minimum Gasteiger partial charge on any atom is -0.393 e. The van der Waals surface area contributed by atoms with Crippen molar-refractivity contribution in [2.24, 2.45) is 28.6 Å². The zero-order valence-corrected chi connectivity index (χ0v) is 18.4. The average Bonchev–Trinajstić information content (AvgIpc) is 2.96. The van der Waals surface area contributed by atoms with Gasteiger partial charge in [-0.1, -0.05) is 38.8 Å². The van der Waals surface area contributed by atoms with E-state index < -0.39 is 5.60 Å². The second kappa shape index (κ2) is 7.23. The molecule has 3 saturated carbocycles. The van der Waals surface area contributed by atoms with E-state index in [9.17, 15) is 9.90 Å². The summed E-state index contributed by atoms with van der Waals surface area (Å²) in [6.07, 6.45) is 12.9. The first-order chi connectivity index (χ1) is 13.3. The number of aliphatic hydroxyl groups excluding tert-OH is 1. The summed E-state index contributed by atoms with van der Waals surface area (Å²) in [5, 5.41) is 10.2. The van der Waals surface area contributed by atoms with Crippen LogP contribution >= 0.6 is 0 Å². The maximum absolute atomic E-state index is 12.9. The predicted molar refractivity (Wildman–Crippen MR) is 112 cm³/mol. The molecule has 0 saturated heterocycles. The molecule has 0 aliphatic heterocycles. The minimum absolute atomic E-state index is 0.0242. The molecule has 0 heterocycles. The van der Waals surface area contributed by atoms with Crippen molar-refractivity contribution in [2.75, 3.05) is 6.61 Å². The maximum Gasteiger partial charge on any atom is 0.162 e. The molecule has 0 radical (unpaired) electrons. The lowest BCUT2D eigenvalue weighted by atomic mass is 9.46. The predicted octanol–water partition coefficient (Wildman–Crippen LogP) is 5.45. The smallest absolute Gasteiger partial charge is 0.162 e. The van der Waals surface area contributed by atoms with Crippen LogP contribution in [0.2, 0.25) is 0 Å². The summed E-state index contributed by atoms with van der Waals surface area (Å²) in [7, 11) is 0. The molecule has 3 fully saturated rings. The number of allylic oxidation sites excluding steroid dienone is 1. The Labute approximate surface area is 171 Å². The van der Waals surface area contributed by atoms with Crippen molar-refractivity contribution in [1.29, 1.82) is 0 Å². The van der Waals surface area contributed by atoms with Gasteiger partial charge in [0.25, 0.3) is 0 Å². The van der Waals surface area contributed by atoms with Crippen molar-refractivity contribution >= 4 is 5.78 Å². The number of ether oxygens (including phenoxy) is 1. The van der Waals surface area contributed by atoms with Crippen LogP contribution in [0.15, 0.2) is 11.6 Å². The van der Waals surface area contributed by atoms with Crippen LogP contribution in [0.1, 0.15) is 91.9 Å². The molecule has 4 rings (SSSR count). The van der Waals surface area contributed by atoms with Crippen LogP contribution in [-0.2, 0) is 9.53 Å². The fraction of sp³-hybridized carbons (Fsp3) is 0.880. The highest BCUT2D eigenvalue weighted by atomic mass is 16.5. The summed E-state index contributed by atoms with van der Waals surface area (Å²) in [5.41, 5.74) is 1.19. The largest absolute Gasteiger partial charge is 0.393 e. The molecule has 7 unspecified atom stereocenters. The van der Waals surface area contributed by atoms with Crippen LogP contribution < -0.4 is 0 Å². The van der Waals surface area contributed by atoms with E-state index in [0.717, 1.165) is 57.8 Å². The molecule has 1 N–H and O–H groups in total. The number of fused-ring (bicyclic) bond motifs is 5. The van der Waals surface area contributed by atoms with E-state index in [0.29, 0.717) is 24.4 Å². The molecule has 0 bridgehead atoms. The van der Waals surface area contributed by atoms with Gasteiger partial charge in [-0.3, -0.25) is 4.79 Å². The SMILES string of the molecule is CCCCOC1(C(C)=O)CCC2C3CC=C4CC(O)CCC4(C)C3CCC21C. The fourth-order valence-corrected chi connectivity index (χ4v) is 7.95. The fourth-order valence-electron chi connectivity index (χ4n) is 7.95. The van der Waals surface area contributed by atoms with Crippen LogP contribution in [-0.4, -0.2) is 29.2 Å². The van der Waals surface area contributed by atoms with Gasteiger partial charge in [-0.25, -0.2) is 0 Å². The Balaban J connectivity index is 1.64. The van der Waals surface area contributed by atoms with E-state index in [1.807, 2.05) is 0 Å². The normalized spacial score (nSPS) is 47.7. The van der Waals surface area contributed by atoms with Crippen LogP contribution in [0.3, 0.4) is 0 Å². The Bertz CT molecular complexity index is 654. The monoisotopic (exact) mass is 388 g/mol. The van der Waals surface area contributed by atoms with Gasteiger partial charge in [0.05, 0.1) is 6.10 Å². The maximum atomic E-state index is 12.9. The molecular formula is C25H40O3. The Morgan fingerprint density at radius 2 is 1.93 bits per heavy atom. The number of carbonyl (C=O) groups excluding carboxylic acids is 1. The molecule has 7 atom stereocenters. The van der Waals surface area contributed by atoms with Crippen molar-refractivity contribution in [3.8, 4) is 0 Å². The lowest BCUT2D eigenvalue weighted by Gasteiger charge is -2.59. The van der Waals surface area contributed by atoms with E-state index in [4.69, 9.17) is 4.74 Å². The number of ketones is 1. The Morgan fingerprint density at radius 3 is 2.64 bits per heavy atom. The molecule has 158 valence electrons. The molecule has 0 aromatic rings. The molecule has 0 aromatic carbocycles. The first kappa shape index (κ1) is 20.6. The number of carbonyl (C=O) groups is 1. The Morgan fingerprint density at radius 1 is 1.18 bits per heavy atom. The first-order valence-corrected chi connectivity index (χ1v) is 11.8. The molecule has 0 aromatic heterocycles. The third kappa shape index (κ3) is 2.79. The summed E-state index contributed by atoms with van der Waals surface area (Å²) in [6.45, 7) is 9.51. The first-order valence-electron chi connectivity index (χ1n) is 11.8. The molecule has 28 heavy (non-hydrogen) atoms. The Kier molecular flexibility index (Phi) is 5.32. The molecule has 0 spiro atoms. The average molecular weight is 389 g/mol.